The minimum atomic E-state index is -0.807. The smallest absolute Gasteiger partial charge is 0.306 e. The van der Waals surface area contributed by atoms with Gasteiger partial charge in [-0.2, -0.15) is 0 Å². The summed E-state index contributed by atoms with van der Waals surface area (Å²) in [6.07, 6.45) is 67.1. The van der Waals surface area contributed by atoms with E-state index in [-0.39, 0.29) is 37.5 Å². The van der Waals surface area contributed by atoms with E-state index in [0.29, 0.717) is 19.3 Å². The van der Waals surface area contributed by atoms with Crippen molar-refractivity contribution in [2.45, 2.75) is 252 Å². The fraction of sp³-hybridized carbons (Fsp3) is 0.707. The van der Waals surface area contributed by atoms with Gasteiger partial charge in [-0.25, -0.2) is 0 Å². The van der Waals surface area contributed by atoms with Crippen molar-refractivity contribution in [2.75, 3.05) is 13.2 Å². The molecule has 0 spiro atoms. The van der Waals surface area contributed by atoms with Gasteiger partial charge in [0.25, 0.3) is 0 Å². The number of rotatable bonds is 47. The Kier molecular flexibility index (Phi) is 49.4. The topological polar surface area (TPSA) is 78.9 Å². The van der Waals surface area contributed by atoms with Crippen molar-refractivity contribution in [1.29, 1.82) is 0 Å². The summed E-state index contributed by atoms with van der Waals surface area (Å²) in [5, 5.41) is 0. The van der Waals surface area contributed by atoms with E-state index in [9.17, 15) is 14.4 Å². The van der Waals surface area contributed by atoms with Gasteiger partial charge in [-0.3, -0.25) is 14.4 Å². The third kappa shape index (κ3) is 49.6. The second-order valence-electron chi connectivity index (χ2n) is 17.4. The zero-order valence-electron chi connectivity index (χ0n) is 41.8. The van der Waals surface area contributed by atoms with Crippen LogP contribution in [0.15, 0.2) is 85.1 Å². The molecule has 0 fully saturated rings. The first-order chi connectivity index (χ1) is 31.5. The highest BCUT2D eigenvalue weighted by Gasteiger charge is 2.19. The molecule has 0 saturated heterocycles. The zero-order valence-corrected chi connectivity index (χ0v) is 41.8. The summed E-state index contributed by atoms with van der Waals surface area (Å²) in [6, 6.07) is 0. The van der Waals surface area contributed by atoms with E-state index < -0.39 is 6.10 Å². The van der Waals surface area contributed by atoms with E-state index >= 15 is 0 Å². The summed E-state index contributed by atoms with van der Waals surface area (Å²) in [7, 11) is 0. The normalized spacial score (nSPS) is 12.7. The molecule has 0 bridgehead atoms. The van der Waals surface area contributed by atoms with E-state index in [1.807, 2.05) is 0 Å². The third-order valence-corrected chi connectivity index (χ3v) is 11.1. The fourth-order valence-corrected chi connectivity index (χ4v) is 7.10. The van der Waals surface area contributed by atoms with Gasteiger partial charge in [-0.05, 0) is 116 Å². The molecular formula is C58H98O6. The van der Waals surface area contributed by atoms with Crippen LogP contribution in [0.25, 0.3) is 0 Å². The van der Waals surface area contributed by atoms with Gasteiger partial charge in [0.1, 0.15) is 13.2 Å². The number of esters is 3. The molecule has 1 atom stereocenters. The molecule has 0 amide bonds. The van der Waals surface area contributed by atoms with Crippen molar-refractivity contribution in [3.05, 3.63) is 85.1 Å². The Labute approximate surface area is 395 Å². The van der Waals surface area contributed by atoms with Crippen LogP contribution in [0, 0.1) is 0 Å². The molecule has 0 N–H and O–H groups in total. The molecule has 0 aliphatic rings. The SMILES string of the molecule is CC/C=C\C/C=C\C/C=C\C/C=C\CCCCC(=O)OC(COC(=O)CCCCCCC/C=C\C/C=C\CCCCCC)COC(=O)CCCCCCC/C=C\CCCCCCCC. The zero-order chi connectivity index (χ0) is 46.5. The standard InChI is InChI=1S/C58H98O6/c1-4-7-10-13-16-19-22-25-28-31-33-36-39-42-45-48-51-57(60)63-54-55(64-58(61)52-49-46-43-40-37-34-30-27-24-21-18-15-12-9-6-3)53-62-56(59)50-47-44-41-38-35-32-29-26-23-20-17-14-11-8-5-2/h9,12,18-19,21-22,26-31,37,40,55H,4-8,10-11,13-17,20,23-25,32-36,38-39,41-54H2,1-3H3/b12-9-,21-18-,22-19-,29-26-,30-27-,31-28-,40-37-. The second-order valence-corrected chi connectivity index (χ2v) is 17.4. The van der Waals surface area contributed by atoms with Crippen LogP contribution in [-0.4, -0.2) is 37.2 Å². The molecule has 0 rings (SSSR count). The molecule has 6 heteroatoms. The van der Waals surface area contributed by atoms with E-state index in [0.717, 1.165) is 109 Å². The Hall–Kier alpha value is -3.41. The molecule has 0 aromatic carbocycles. The lowest BCUT2D eigenvalue weighted by Gasteiger charge is -2.18. The van der Waals surface area contributed by atoms with E-state index in [1.165, 1.54) is 89.9 Å². The number of unbranched alkanes of at least 4 members (excludes halogenated alkanes) is 22. The van der Waals surface area contributed by atoms with Gasteiger partial charge in [-0.1, -0.05) is 196 Å². The predicted octanol–water partition coefficient (Wildman–Crippen LogP) is 17.6. The number of ether oxygens (including phenoxy) is 3. The largest absolute Gasteiger partial charge is 0.462 e. The van der Waals surface area contributed by atoms with Crippen molar-refractivity contribution in [1.82, 2.24) is 0 Å². The molecule has 0 radical (unpaired) electrons. The highest BCUT2D eigenvalue weighted by Crippen LogP contribution is 2.13. The highest BCUT2D eigenvalue weighted by molar-refractivity contribution is 5.71. The Balaban J connectivity index is 4.49. The van der Waals surface area contributed by atoms with Crippen LogP contribution in [0.5, 0.6) is 0 Å². The molecule has 0 aromatic rings. The van der Waals surface area contributed by atoms with Crippen molar-refractivity contribution in [2.24, 2.45) is 0 Å². The Morgan fingerprint density at radius 1 is 0.328 bits per heavy atom. The number of hydrogen-bond donors (Lipinski definition) is 0. The van der Waals surface area contributed by atoms with Crippen LogP contribution in [0.2, 0.25) is 0 Å². The summed E-state index contributed by atoms with van der Waals surface area (Å²) < 4.78 is 16.8. The van der Waals surface area contributed by atoms with Crippen molar-refractivity contribution in [3.63, 3.8) is 0 Å². The van der Waals surface area contributed by atoms with Gasteiger partial charge in [-0.15, -0.1) is 0 Å². The number of allylic oxidation sites excluding steroid dienone is 14. The van der Waals surface area contributed by atoms with Gasteiger partial charge in [0, 0.05) is 19.3 Å². The Bertz CT molecular complexity index is 1250. The lowest BCUT2D eigenvalue weighted by molar-refractivity contribution is -0.167. The van der Waals surface area contributed by atoms with Crippen molar-refractivity contribution in [3.8, 4) is 0 Å². The first-order valence-electron chi connectivity index (χ1n) is 26.6. The average molecular weight is 891 g/mol. The predicted molar refractivity (Wildman–Crippen MR) is 274 cm³/mol. The molecule has 64 heavy (non-hydrogen) atoms. The second kappa shape index (κ2) is 52.2. The minimum absolute atomic E-state index is 0.103. The summed E-state index contributed by atoms with van der Waals surface area (Å²) in [4.78, 5) is 38.0. The summed E-state index contributed by atoms with van der Waals surface area (Å²) >= 11 is 0. The molecular weight excluding hydrogens is 793 g/mol. The lowest BCUT2D eigenvalue weighted by atomic mass is 10.1. The molecule has 1 unspecified atom stereocenters. The Morgan fingerprint density at radius 3 is 1.02 bits per heavy atom. The molecule has 6 nitrogen and oxygen atoms in total. The van der Waals surface area contributed by atoms with Crippen molar-refractivity contribution >= 4 is 17.9 Å². The summed E-state index contributed by atoms with van der Waals surface area (Å²) in [5.41, 5.74) is 0. The fourth-order valence-electron chi connectivity index (χ4n) is 7.10. The lowest BCUT2D eigenvalue weighted by Crippen LogP contribution is -2.30. The number of carbonyl (C=O) groups excluding carboxylic acids is 3. The summed E-state index contributed by atoms with van der Waals surface area (Å²) in [5.74, 6) is -0.966. The molecule has 0 aromatic heterocycles. The van der Waals surface area contributed by atoms with Crippen LogP contribution < -0.4 is 0 Å². The maximum Gasteiger partial charge on any atom is 0.306 e. The molecule has 0 aliphatic carbocycles. The van der Waals surface area contributed by atoms with Gasteiger partial charge in [0.15, 0.2) is 6.10 Å². The molecule has 0 heterocycles. The van der Waals surface area contributed by atoms with Crippen molar-refractivity contribution < 1.29 is 28.6 Å². The van der Waals surface area contributed by atoms with Gasteiger partial charge in [0.05, 0.1) is 0 Å². The number of hydrogen-bond acceptors (Lipinski definition) is 6. The van der Waals surface area contributed by atoms with Gasteiger partial charge in [0.2, 0.25) is 0 Å². The Morgan fingerprint density at radius 2 is 0.609 bits per heavy atom. The van der Waals surface area contributed by atoms with E-state index in [2.05, 4.69) is 106 Å². The van der Waals surface area contributed by atoms with Gasteiger partial charge >= 0.3 is 17.9 Å². The van der Waals surface area contributed by atoms with E-state index in [4.69, 9.17) is 14.2 Å². The van der Waals surface area contributed by atoms with E-state index in [1.54, 1.807) is 0 Å². The van der Waals surface area contributed by atoms with Crippen LogP contribution in [0.4, 0.5) is 0 Å². The highest BCUT2D eigenvalue weighted by atomic mass is 16.6. The first-order valence-corrected chi connectivity index (χ1v) is 26.6. The maximum atomic E-state index is 12.8. The third-order valence-electron chi connectivity index (χ3n) is 11.1. The van der Waals surface area contributed by atoms with Crippen LogP contribution in [0.1, 0.15) is 245 Å². The molecule has 0 saturated carbocycles. The summed E-state index contributed by atoms with van der Waals surface area (Å²) in [6.45, 7) is 6.45. The van der Waals surface area contributed by atoms with Crippen LogP contribution >= 0.6 is 0 Å². The van der Waals surface area contributed by atoms with Gasteiger partial charge < -0.3 is 14.2 Å². The maximum absolute atomic E-state index is 12.8. The quantitative estimate of drug-likeness (QED) is 0.0262. The minimum Gasteiger partial charge on any atom is -0.462 e. The monoisotopic (exact) mass is 891 g/mol. The molecule has 366 valence electrons. The van der Waals surface area contributed by atoms with Crippen LogP contribution in [-0.2, 0) is 28.6 Å². The van der Waals surface area contributed by atoms with Crippen LogP contribution in [0.3, 0.4) is 0 Å². The molecule has 0 aliphatic heterocycles. The first kappa shape index (κ1) is 60.6. The number of carbonyl (C=O) groups is 3. The average Bonchev–Trinajstić information content (AvgIpc) is 3.29.